The van der Waals surface area contributed by atoms with Gasteiger partial charge in [0, 0.05) is 37.1 Å². The molecular weight excluding hydrogens is 386 g/mol. The lowest BCUT2D eigenvalue weighted by atomic mass is 10.2. The molecule has 0 bridgehead atoms. The van der Waals surface area contributed by atoms with E-state index in [1.807, 2.05) is 30.5 Å². The van der Waals surface area contributed by atoms with Crippen LogP contribution in [0.4, 0.5) is 0 Å². The summed E-state index contributed by atoms with van der Waals surface area (Å²) in [6, 6.07) is 3.52. The largest absolute Gasteiger partial charge is 0.338 e. The Bertz CT molecular complexity index is 899. The van der Waals surface area contributed by atoms with Gasteiger partial charge in [0.1, 0.15) is 0 Å². The van der Waals surface area contributed by atoms with Gasteiger partial charge in [0.15, 0.2) is 20.8 Å². The Morgan fingerprint density at radius 1 is 1.30 bits per heavy atom. The third kappa shape index (κ3) is 4.49. The van der Waals surface area contributed by atoms with Crippen molar-refractivity contribution in [2.24, 2.45) is 0 Å². The quantitative estimate of drug-likeness (QED) is 0.639. The van der Waals surface area contributed by atoms with Crippen molar-refractivity contribution in [1.82, 2.24) is 24.6 Å². The SMILES string of the molecule is CCN(C(=O)CSc1nnc(-c2ccncc2)n1CC)[C@@H]1CCS(=O)(=O)C1. The normalized spacial score (nSPS) is 18.5. The molecule has 0 spiro atoms. The van der Waals surface area contributed by atoms with Crippen LogP contribution in [-0.2, 0) is 21.2 Å². The number of carbonyl (C=O) groups excluding carboxylic acids is 1. The predicted molar refractivity (Wildman–Crippen MR) is 104 cm³/mol. The maximum absolute atomic E-state index is 12.7. The molecule has 0 saturated carbocycles. The average molecular weight is 410 g/mol. The van der Waals surface area contributed by atoms with E-state index in [2.05, 4.69) is 15.2 Å². The van der Waals surface area contributed by atoms with Crippen molar-refractivity contribution >= 4 is 27.5 Å². The minimum Gasteiger partial charge on any atom is -0.338 e. The average Bonchev–Trinajstić information content (AvgIpc) is 3.24. The first-order chi connectivity index (χ1) is 12.9. The number of rotatable bonds is 7. The zero-order valence-corrected chi connectivity index (χ0v) is 17.0. The Labute approximate surface area is 163 Å². The molecule has 0 radical (unpaired) electrons. The van der Waals surface area contributed by atoms with Crippen molar-refractivity contribution < 1.29 is 13.2 Å². The Kier molecular flexibility index (Phi) is 6.15. The topological polar surface area (TPSA) is 98.1 Å². The molecule has 2 aromatic rings. The van der Waals surface area contributed by atoms with Crippen LogP contribution in [0.2, 0.25) is 0 Å². The highest BCUT2D eigenvalue weighted by atomic mass is 32.2. The molecule has 1 aliphatic heterocycles. The summed E-state index contributed by atoms with van der Waals surface area (Å²) in [5, 5.41) is 9.16. The van der Waals surface area contributed by atoms with Gasteiger partial charge in [-0.2, -0.15) is 0 Å². The number of aromatic nitrogens is 4. The smallest absolute Gasteiger partial charge is 0.233 e. The molecule has 2 aromatic heterocycles. The van der Waals surface area contributed by atoms with Crippen LogP contribution in [0.1, 0.15) is 20.3 Å². The summed E-state index contributed by atoms with van der Waals surface area (Å²) in [4.78, 5) is 18.4. The number of thioether (sulfide) groups is 1. The van der Waals surface area contributed by atoms with E-state index in [9.17, 15) is 13.2 Å². The molecule has 1 aliphatic rings. The van der Waals surface area contributed by atoms with Crippen molar-refractivity contribution in [3.8, 4) is 11.4 Å². The summed E-state index contributed by atoms with van der Waals surface area (Å²) in [7, 11) is -3.02. The summed E-state index contributed by atoms with van der Waals surface area (Å²) in [6.07, 6.45) is 3.92. The van der Waals surface area contributed by atoms with Crippen molar-refractivity contribution in [1.29, 1.82) is 0 Å². The molecule has 1 saturated heterocycles. The van der Waals surface area contributed by atoms with Crippen molar-refractivity contribution in [2.75, 3.05) is 23.8 Å². The van der Waals surface area contributed by atoms with Crippen molar-refractivity contribution in [3.05, 3.63) is 24.5 Å². The Morgan fingerprint density at radius 3 is 2.63 bits per heavy atom. The highest BCUT2D eigenvalue weighted by Crippen LogP contribution is 2.25. The van der Waals surface area contributed by atoms with Gasteiger partial charge in [-0.15, -0.1) is 10.2 Å². The first kappa shape index (κ1) is 19.8. The lowest BCUT2D eigenvalue weighted by molar-refractivity contribution is -0.129. The van der Waals surface area contributed by atoms with Crippen LogP contribution in [0.25, 0.3) is 11.4 Å². The maximum Gasteiger partial charge on any atom is 0.233 e. The molecule has 0 aromatic carbocycles. The highest BCUT2D eigenvalue weighted by molar-refractivity contribution is 7.99. The van der Waals surface area contributed by atoms with Crippen LogP contribution in [-0.4, -0.2) is 68.8 Å². The molecule has 10 heteroatoms. The van der Waals surface area contributed by atoms with Gasteiger partial charge >= 0.3 is 0 Å². The van der Waals surface area contributed by atoms with Crippen molar-refractivity contribution in [3.63, 3.8) is 0 Å². The van der Waals surface area contributed by atoms with E-state index in [0.29, 0.717) is 24.7 Å². The van der Waals surface area contributed by atoms with E-state index < -0.39 is 9.84 Å². The molecule has 8 nitrogen and oxygen atoms in total. The van der Waals surface area contributed by atoms with Crippen LogP contribution < -0.4 is 0 Å². The third-order valence-corrected chi connectivity index (χ3v) is 7.31. The second-order valence-electron chi connectivity index (χ2n) is 6.31. The van der Waals surface area contributed by atoms with E-state index in [4.69, 9.17) is 0 Å². The molecule has 0 unspecified atom stereocenters. The van der Waals surface area contributed by atoms with Gasteiger partial charge in [-0.05, 0) is 32.4 Å². The molecule has 3 heterocycles. The van der Waals surface area contributed by atoms with E-state index in [1.54, 1.807) is 17.3 Å². The first-order valence-corrected chi connectivity index (χ1v) is 11.7. The van der Waals surface area contributed by atoms with Crippen LogP contribution >= 0.6 is 11.8 Å². The van der Waals surface area contributed by atoms with Gasteiger partial charge in [-0.25, -0.2) is 8.42 Å². The number of carbonyl (C=O) groups is 1. The van der Waals surface area contributed by atoms with Crippen LogP contribution in [0.15, 0.2) is 29.7 Å². The lowest BCUT2D eigenvalue weighted by Gasteiger charge is -2.26. The number of sulfone groups is 1. The molecule has 1 atom stereocenters. The molecule has 27 heavy (non-hydrogen) atoms. The molecule has 0 aliphatic carbocycles. The monoisotopic (exact) mass is 409 g/mol. The number of hydrogen-bond acceptors (Lipinski definition) is 7. The second-order valence-corrected chi connectivity index (χ2v) is 9.48. The molecule has 146 valence electrons. The minimum atomic E-state index is -3.02. The maximum atomic E-state index is 12.7. The lowest BCUT2D eigenvalue weighted by Crippen LogP contribution is -2.42. The number of nitrogens with zero attached hydrogens (tertiary/aromatic N) is 5. The molecule has 0 N–H and O–H groups in total. The van der Waals surface area contributed by atoms with Gasteiger partial charge < -0.3 is 9.47 Å². The molecule has 1 amide bonds. The first-order valence-electron chi connectivity index (χ1n) is 8.91. The van der Waals surface area contributed by atoms with Gasteiger partial charge in [-0.3, -0.25) is 9.78 Å². The zero-order chi connectivity index (χ0) is 19.4. The predicted octanol–water partition coefficient (Wildman–Crippen LogP) is 1.49. The highest BCUT2D eigenvalue weighted by Gasteiger charge is 2.33. The Morgan fingerprint density at radius 2 is 2.04 bits per heavy atom. The number of amides is 1. The Balaban J connectivity index is 1.69. The summed E-state index contributed by atoms with van der Waals surface area (Å²) >= 11 is 1.33. The second kappa shape index (κ2) is 8.39. The standard InChI is InChI=1S/C17H23N5O3S2/c1-3-21(14-7-10-27(24,25)12-14)15(23)11-26-17-20-19-16(22(17)4-2)13-5-8-18-9-6-13/h5-6,8-9,14H,3-4,7,10-12H2,1-2H3/t14-/m1/s1. The van der Waals surface area contributed by atoms with E-state index in [0.717, 1.165) is 11.4 Å². The van der Waals surface area contributed by atoms with Gasteiger partial charge in [0.25, 0.3) is 0 Å². The van der Waals surface area contributed by atoms with E-state index >= 15 is 0 Å². The minimum absolute atomic E-state index is 0.0641. The summed E-state index contributed by atoms with van der Waals surface area (Å²) in [5.41, 5.74) is 0.920. The number of hydrogen-bond donors (Lipinski definition) is 0. The van der Waals surface area contributed by atoms with Crippen LogP contribution in [0.5, 0.6) is 0 Å². The van der Waals surface area contributed by atoms with Crippen LogP contribution in [0, 0.1) is 0 Å². The molecule has 3 rings (SSSR count). The fourth-order valence-electron chi connectivity index (χ4n) is 3.26. The third-order valence-electron chi connectivity index (χ3n) is 4.61. The fourth-order valence-corrected chi connectivity index (χ4v) is 5.88. The van der Waals surface area contributed by atoms with Gasteiger partial charge in [-0.1, -0.05) is 11.8 Å². The van der Waals surface area contributed by atoms with Gasteiger partial charge in [0.05, 0.1) is 17.3 Å². The van der Waals surface area contributed by atoms with E-state index in [-0.39, 0.29) is 29.2 Å². The van der Waals surface area contributed by atoms with E-state index in [1.165, 1.54) is 11.8 Å². The van der Waals surface area contributed by atoms with Crippen LogP contribution in [0.3, 0.4) is 0 Å². The molecule has 1 fully saturated rings. The van der Waals surface area contributed by atoms with Crippen molar-refractivity contribution in [2.45, 2.75) is 38.0 Å². The summed E-state index contributed by atoms with van der Waals surface area (Å²) in [6.45, 7) is 5.06. The molecular formula is C17H23N5O3S2. The summed E-state index contributed by atoms with van der Waals surface area (Å²) in [5.74, 6) is 1.10. The van der Waals surface area contributed by atoms with Gasteiger partial charge in [0.2, 0.25) is 5.91 Å². The Hall–Kier alpha value is -1.94. The number of pyridine rings is 1. The zero-order valence-electron chi connectivity index (χ0n) is 15.4. The summed E-state index contributed by atoms with van der Waals surface area (Å²) < 4.78 is 25.4. The fraction of sp³-hybridized carbons (Fsp3) is 0.529.